The number of hydrogen-bond donors (Lipinski definition) is 1. The largest absolute Gasteiger partial charge is 0.508 e. The molecule has 0 bridgehead atoms. The molecular formula is C21H12ClF3N2O3. The Morgan fingerprint density at radius 1 is 0.900 bits per heavy atom. The first-order valence-electron chi connectivity index (χ1n) is 8.58. The average molecular weight is 433 g/mol. The molecule has 0 radical (unpaired) electrons. The third-order valence-corrected chi connectivity index (χ3v) is 4.45. The lowest BCUT2D eigenvalue weighted by Crippen LogP contribution is -2.03. The highest BCUT2D eigenvalue weighted by molar-refractivity contribution is 6.33. The Balaban J connectivity index is 1.53. The van der Waals surface area contributed by atoms with Crippen molar-refractivity contribution in [3.8, 4) is 40.1 Å². The van der Waals surface area contributed by atoms with Gasteiger partial charge >= 0.3 is 6.18 Å². The van der Waals surface area contributed by atoms with Crippen LogP contribution in [0.5, 0.6) is 17.2 Å². The summed E-state index contributed by atoms with van der Waals surface area (Å²) in [4.78, 5) is 4.30. The molecule has 0 aliphatic rings. The first kappa shape index (κ1) is 19.8. The summed E-state index contributed by atoms with van der Waals surface area (Å²) in [6, 6.07) is 15.3. The number of hydrogen-bond acceptors (Lipinski definition) is 5. The van der Waals surface area contributed by atoms with Crippen LogP contribution < -0.4 is 4.74 Å². The van der Waals surface area contributed by atoms with Crippen LogP contribution in [0.3, 0.4) is 0 Å². The normalized spacial score (nSPS) is 11.5. The molecule has 4 aromatic rings. The molecule has 0 saturated heterocycles. The molecule has 3 aromatic carbocycles. The third-order valence-electron chi connectivity index (χ3n) is 4.14. The maximum absolute atomic E-state index is 12.6. The molecule has 0 atom stereocenters. The fourth-order valence-corrected chi connectivity index (χ4v) is 2.90. The van der Waals surface area contributed by atoms with Crippen LogP contribution >= 0.6 is 11.6 Å². The molecule has 9 heteroatoms. The fraction of sp³-hybridized carbons (Fsp3) is 0.0476. The number of aromatic hydroxyl groups is 1. The Bertz CT molecular complexity index is 1170. The van der Waals surface area contributed by atoms with Crippen LogP contribution in [0.15, 0.2) is 71.3 Å². The predicted octanol–water partition coefficient (Wildman–Crippen LogP) is 6.57. The Hall–Kier alpha value is -3.52. The summed E-state index contributed by atoms with van der Waals surface area (Å²) in [7, 11) is 0. The van der Waals surface area contributed by atoms with Gasteiger partial charge in [0.05, 0.1) is 10.6 Å². The standard InChI is InChI=1S/C21H12ClF3N2O3/c22-18-11-16(29-15-7-3-13(4-8-15)21(23,24)25)9-10-17(18)19-26-20(30-27-19)12-1-5-14(28)6-2-12/h1-11,28H. The molecule has 0 aliphatic carbocycles. The van der Waals surface area contributed by atoms with Crippen molar-refractivity contribution in [1.82, 2.24) is 10.1 Å². The zero-order chi connectivity index (χ0) is 21.3. The molecular weight excluding hydrogens is 421 g/mol. The maximum atomic E-state index is 12.6. The summed E-state index contributed by atoms with van der Waals surface area (Å²) in [6.45, 7) is 0. The van der Waals surface area contributed by atoms with Gasteiger partial charge in [0.25, 0.3) is 5.89 Å². The maximum Gasteiger partial charge on any atom is 0.416 e. The summed E-state index contributed by atoms with van der Waals surface area (Å²) in [6.07, 6.45) is -4.41. The van der Waals surface area contributed by atoms with Gasteiger partial charge in [0.1, 0.15) is 17.2 Å². The van der Waals surface area contributed by atoms with Crippen molar-refractivity contribution in [2.75, 3.05) is 0 Å². The lowest BCUT2D eigenvalue weighted by atomic mass is 10.2. The summed E-state index contributed by atoms with van der Waals surface area (Å²) in [5.74, 6) is 1.20. The van der Waals surface area contributed by atoms with Gasteiger partial charge in [-0.15, -0.1) is 0 Å². The van der Waals surface area contributed by atoms with Crippen LogP contribution in [-0.2, 0) is 6.18 Å². The molecule has 1 heterocycles. The van der Waals surface area contributed by atoms with E-state index in [0.29, 0.717) is 16.9 Å². The number of halogens is 4. The monoisotopic (exact) mass is 432 g/mol. The van der Waals surface area contributed by atoms with Gasteiger partial charge < -0.3 is 14.4 Å². The molecule has 4 rings (SSSR count). The number of phenolic OH excluding ortho intramolecular Hbond substituents is 1. The van der Waals surface area contributed by atoms with E-state index < -0.39 is 11.7 Å². The van der Waals surface area contributed by atoms with E-state index in [0.717, 1.165) is 12.1 Å². The van der Waals surface area contributed by atoms with E-state index in [1.807, 2.05) is 0 Å². The lowest BCUT2D eigenvalue weighted by Gasteiger charge is -2.10. The first-order valence-corrected chi connectivity index (χ1v) is 8.95. The van der Waals surface area contributed by atoms with Crippen molar-refractivity contribution in [3.05, 3.63) is 77.3 Å². The second-order valence-corrected chi connectivity index (χ2v) is 6.64. The van der Waals surface area contributed by atoms with Crippen molar-refractivity contribution in [1.29, 1.82) is 0 Å². The molecule has 0 amide bonds. The van der Waals surface area contributed by atoms with Crippen molar-refractivity contribution in [2.45, 2.75) is 6.18 Å². The van der Waals surface area contributed by atoms with Gasteiger partial charge in [-0.2, -0.15) is 18.2 Å². The van der Waals surface area contributed by atoms with E-state index in [4.69, 9.17) is 20.9 Å². The zero-order valence-corrected chi connectivity index (χ0v) is 15.8. The minimum absolute atomic E-state index is 0.116. The van der Waals surface area contributed by atoms with Crippen LogP contribution in [-0.4, -0.2) is 15.2 Å². The molecule has 0 spiro atoms. The highest BCUT2D eigenvalue weighted by Gasteiger charge is 2.30. The van der Waals surface area contributed by atoms with E-state index in [1.54, 1.807) is 24.3 Å². The lowest BCUT2D eigenvalue weighted by molar-refractivity contribution is -0.137. The van der Waals surface area contributed by atoms with Gasteiger partial charge in [-0.3, -0.25) is 0 Å². The summed E-state index contributed by atoms with van der Waals surface area (Å²) < 4.78 is 48.7. The number of rotatable bonds is 4. The molecule has 30 heavy (non-hydrogen) atoms. The van der Waals surface area contributed by atoms with Gasteiger partial charge in [0, 0.05) is 17.2 Å². The van der Waals surface area contributed by atoms with E-state index in [1.165, 1.54) is 30.3 Å². The molecule has 1 N–H and O–H groups in total. The van der Waals surface area contributed by atoms with E-state index in [9.17, 15) is 18.3 Å². The van der Waals surface area contributed by atoms with Crippen molar-refractivity contribution < 1.29 is 27.5 Å². The first-order chi connectivity index (χ1) is 14.3. The number of ether oxygens (including phenoxy) is 1. The molecule has 0 unspecified atom stereocenters. The molecule has 1 aromatic heterocycles. The number of benzene rings is 3. The molecule has 0 aliphatic heterocycles. The topological polar surface area (TPSA) is 68.4 Å². The third kappa shape index (κ3) is 4.23. The minimum Gasteiger partial charge on any atom is -0.508 e. The van der Waals surface area contributed by atoms with Crippen molar-refractivity contribution in [2.24, 2.45) is 0 Å². The number of aromatic nitrogens is 2. The van der Waals surface area contributed by atoms with Crippen LogP contribution in [0.2, 0.25) is 5.02 Å². The number of alkyl halides is 3. The highest BCUT2D eigenvalue weighted by atomic mass is 35.5. The van der Waals surface area contributed by atoms with Gasteiger partial charge in [-0.25, -0.2) is 0 Å². The second kappa shape index (κ2) is 7.72. The van der Waals surface area contributed by atoms with E-state index in [-0.39, 0.29) is 28.2 Å². The SMILES string of the molecule is Oc1ccc(-c2nc(-c3ccc(Oc4ccc(C(F)(F)F)cc4)cc3Cl)no2)cc1. The summed E-state index contributed by atoms with van der Waals surface area (Å²) >= 11 is 6.31. The van der Waals surface area contributed by atoms with E-state index >= 15 is 0 Å². The Kier molecular flexibility index (Phi) is 5.09. The minimum atomic E-state index is -4.41. The number of phenols is 1. The van der Waals surface area contributed by atoms with Gasteiger partial charge in [-0.05, 0) is 60.7 Å². The fourth-order valence-electron chi connectivity index (χ4n) is 2.64. The van der Waals surface area contributed by atoms with Gasteiger partial charge in [0.2, 0.25) is 5.82 Å². The number of nitrogens with zero attached hydrogens (tertiary/aromatic N) is 2. The smallest absolute Gasteiger partial charge is 0.416 e. The summed E-state index contributed by atoms with van der Waals surface area (Å²) in [5, 5.41) is 13.5. The Morgan fingerprint density at radius 2 is 1.57 bits per heavy atom. The highest BCUT2D eigenvalue weighted by Crippen LogP contribution is 2.34. The van der Waals surface area contributed by atoms with Gasteiger partial charge in [0.15, 0.2) is 0 Å². The second-order valence-electron chi connectivity index (χ2n) is 6.24. The van der Waals surface area contributed by atoms with Crippen LogP contribution in [0, 0.1) is 0 Å². The van der Waals surface area contributed by atoms with Crippen LogP contribution in [0.25, 0.3) is 22.8 Å². The van der Waals surface area contributed by atoms with Crippen molar-refractivity contribution in [3.63, 3.8) is 0 Å². The average Bonchev–Trinajstić information content (AvgIpc) is 3.18. The molecule has 0 fully saturated rings. The Morgan fingerprint density at radius 3 is 2.20 bits per heavy atom. The Labute approximate surface area is 173 Å². The summed E-state index contributed by atoms with van der Waals surface area (Å²) in [5.41, 5.74) is 0.361. The van der Waals surface area contributed by atoms with E-state index in [2.05, 4.69) is 10.1 Å². The quantitative estimate of drug-likeness (QED) is 0.395. The van der Waals surface area contributed by atoms with Crippen LogP contribution in [0.4, 0.5) is 13.2 Å². The predicted molar refractivity (Wildman–Crippen MR) is 103 cm³/mol. The van der Waals surface area contributed by atoms with Crippen LogP contribution in [0.1, 0.15) is 5.56 Å². The van der Waals surface area contributed by atoms with Gasteiger partial charge in [-0.1, -0.05) is 16.8 Å². The molecule has 5 nitrogen and oxygen atoms in total. The van der Waals surface area contributed by atoms with Crippen molar-refractivity contribution >= 4 is 11.6 Å². The molecule has 0 saturated carbocycles. The molecule has 152 valence electrons. The zero-order valence-electron chi connectivity index (χ0n) is 15.0.